The lowest BCUT2D eigenvalue weighted by molar-refractivity contribution is -0.450. The van der Waals surface area contributed by atoms with Crippen molar-refractivity contribution in [3.63, 3.8) is 0 Å². The van der Waals surface area contributed by atoms with E-state index >= 15 is 0 Å². The number of rotatable bonds is 11. The fourth-order valence-corrected chi connectivity index (χ4v) is 2.37. The number of halogens is 15. The third-order valence-corrected chi connectivity index (χ3v) is 4.29. The van der Waals surface area contributed by atoms with Crippen molar-refractivity contribution in [3.05, 3.63) is 11.8 Å². The van der Waals surface area contributed by atoms with E-state index in [2.05, 4.69) is 4.74 Å². The molecule has 0 unspecified atom stereocenters. The van der Waals surface area contributed by atoms with Crippen molar-refractivity contribution in [3.8, 4) is 0 Å². The molecule has 0 N–H and O–H groups in total. The molecule has 18 heteroatoms. The summed E-state index contributed by atoms with van der Waals surface area (Å²) in [4.78, 5) is 11.4. The lowest BCUT2D eigenvalue weighted by Gasteiger charge is -2.43. The first-order chi connectivity index (χ1) is 14.9. The van der Waals surface area contributed by atoms with Crippen LogP contribution in [0.15, 0.2) is 11.8 Å². The van der Waals surface area contributed by atoms with E-state index in [0.29, 0.717) is 0 Å². The van der Waals surface area contributed by atoms with Gasteiger partial charge in [-0.2, -0.15) is 65.9 Å². The second kappa shape index (κ2) is 9.54. The summed E-state index contributed by atoms with van der Waals surface area (Å²) in [5.74, 6) is -49.4. The van der Waals surface area contributed by atoms with Gasteiger partial charge in [-0.1, -0.05) is 0 Å². The van der Waals surface area contributed by atoms with Crippen LogP contribution in [-0.4, -0.2) is 72.3 Å². The molecule has 0 aromatic heterocycles. The number of hydrogen-bond donors (Lipinski definition) is 0. The maximum absolute atomic E-state index is 14.5. The number of alkyl halides is 15. The van der Waals surface area contributed by atoms with E-state index in [1.54, 1.807) is 0 Å². The predicted octanol–water partition coefficient (Wildman–Crippen LogP) is 6.15. The summed E-state index contributed by atoms with van der Waals surface area (Å²) in [6.07, 6.45) is -8.24. The normalized spacial score (nSPS) is 15.4. The third-order valence-electron chi connectivity index (χ3n) is 4.29. The number of ether oxygens (including phenoxy) is 1. The molecule has 0 fully saturated rings. The maximum Gasteiger partial charge on any atom is 0.460 e. The Labute approximate surface area is 181 Å². The highest BCUT2D eigenvalue weighted by atomic mass is 19.4. The number of carbonyl (C=O) groups excluding carboxylic acids is 1. The van der Waals surface area contributed by atoms with Crippen molar-refractivity contribution in [2.45, 2.75) is 62.5 Å². The highest BCUT2D eigenvalue weighted by molar-refractivity contribution is 5.83. The van der Waals surface area contributed by atoms with Gasteiger partial charge in [0, 0.05) is 19.2 Å². The number of esters is 1. The van der Waals surface area contributed by atoms with E-state index in [0.717, 1.165) is 20.8 Å². The Bertz CT molecular complexity index is 754. The predicted molar refractivity (Wildman–Crippen MR) is 83.4 cm³/mol. The minimum absolute atomic E-state index is 0.00150. The van der Waals surface area contributed by atoms with Crippen molar-refractivity contribution in [1.82, 2.24) is 4.90 Å². The van der Waals surface area contributed by atoms with E-state index < -0.39 is 79.2 Å². The fourth-order valence-electron chi connectivity index (χ4n) is 2.37. The van der Waals surface area contributed by atoms with Crippen LogP contribution in [0.3, 0.4) is 0 Å². The number of hydrogen-bond acceptors (Lipinski definition) is 3. The topological polar surface area (TPSA) is 29.5 Å². The van der Waals surface area contributed by atoms with E-state index in [-0.39, 0.29) is 4.90 Å². The highest BCUT2D eigenvalue weighted by Crippen LogP contribution is 2.63. The van der Waals surface area contributed by atoms with Gasteiger partial charge in [-0.25, -0.2) is 4.79 Å². The molecule has 0 bridgehead atoms. The molecule has 0 aliphatic heterocycles. The lowest BCUT2D eigenvalue weighted by atomic mass is 9.89. The van der Waals surface area contributed by atoms with Crippen molar-refractivity contribution < 1.29 is 75.4 Å². The molecule has 0 spiro atoms. The van der Waals surface area contributed by atoms with E-state index in [1.807, 2.05) is 0 Å². The van der Waals surface area contributed by atoms with Crippen LogP contribution in [0.1, 0.15) is 20.8 Å². The van der Waals surface area contributed by atoms with E-state index in [9.17, 15) is 70.7 Å². The smallest absolute Gasteiger partial charge is 0.460 e. The fraction of sp³-hybridized carbons (Fsp3) is 0.812. The van der Waals surface area contributed by atoms with Crippen LogP contribution in [-0.2, 0) is 9.53 Å². The summed E-state index contributed by atoms with van der Waals surface area (Å²) in [5, 5.41) is 0. The largest absolute Gasteiger partial charge is 0.463 e. The third kappa shape index (κ3) is 4.72. The first kappa shape index (κ1) is 32.0. The molecular weight excluding hydrogens is 523 g/mol. The summed E-state index contributed by atoms with van der Waals surface area (Å²) < 4.78 is 205. The van der Waals surface area contributed by atoms with Gasteiger partial charge >= 0.3 is 47.7 Å². The molecule has 0 aliphatic carbocycles. The Morgan fingerprint density at radius 3 is 1.32 bits per heavy atom. The number of allylic oxidation sites excluding steroid dienone is 1. The van der Waals surface area contributed by atoms with E-state index in [4.69, 9.17) is 0 Å². The van der Waals surface area contributed by atoms with Crippen molar-refractivity contribution in [1.29, 1.82) is 0 Å². The second-order valence-corrected chi connectivity index (χ2v) is 6.40. The molecule has 0 heterocycles. The van der Waals surface area contributed by atoms with Crippen LogP contribution in [0.5, 0.6) is 0 Å². The second-order valence-electron chi connectivity index (χ2n) is 6.40. The molecule has 202 valence electrons. The molecule has 0 saturated heterocycles. The summed E-state index contributed by atoms with van der Waals surface area (Å²) >= 11 is 0. The summed E-state index contributed by atoms with van der Waals surface area (Å²) in [5.41, 5.74) is -2.48. The number of carbonyl (C=O) groups is 1. The van der Waals surface area contributed by atoms with Crippen LogP contribution in [0.2, 0.25) is 0 Å². The van der Waals surface area contributed by atoms with Crippen molar-refractivity contribution in [2.75, 3.05) is 19.7 Å². The van der Waals surface area contributed by atoms with Crippen LogP contribution < -0.4 is 0 Å². The van der Waals surface area contributed by atoms with Gasteiger partial charge < -0.3 is 9.64 Å². The Kier molecular flexibility index (Phi) is 8.97. The van der Waals surface area contributed by atoms with Gasteiger partial charge in [-0.3, -0.25) is 0 Å². The summed E-state index contributed by atoms with van der Waals surface area (Å²) in [6, 6.07) is 0. The van der Waals surface area contributed by atoms with Crippen molar-refractivity contribution >= 4 is 5.97 Å². The van der Waals surface area contributed by atoms with Crippen LogP contribution in [0, 0.1) is 0 Å². The van der Waals surface area contributed by atoms with Gasteiger partial charge in [0.1, 0.15) is 0 Å². The molecule has 0 aromatic carbocycles. The Morgan fingerprint density at radius 2 is 1.00 bits per heavy atom. The Hall–Kier alpha value is -2.04. The van der Waals surface area contributed by atoms with Crippen LogP contribution in [0.4, 0.5) is 65.9 Å². The standard InChI is InChI=1S/C16H16F15NO2/c1-4-32(5-2)8(7-9(33)34-6-3)10(17,18)11(19,20)12(21,22)13(23,24)14(25,26)15(27,28)16(29,30)31/h7H,4-6H2,1-3H3. The first-order valence-electron chi connectivity index (χ1n) is 8.84. The minimum Gasteiger partial charge on any atom is -0.463 e. The zero-order valence-corrected chi connectivity index (χ0v) is 17.1. The lowest BCUT2D eigenvalue weighted by Crippen LogP contribution is -2.73. The quantitative estimate of drug-likeness (QED) is 0.179. The molecule has 34 heavy (non-hydrogen) atoms. The van der Waals surface area contributed by atoms with Crippen LogP contribution >= 0.6 is 0 Å². The average molecular weight is 539 g/mol. The summed E-state index contributed by atoms with van der Waals surface area (Å²) in [7, 11) is 0. The Balaban J connectivity index is 7.03. The molecule has 0 aliphatic rings. The van der Waals surface area contributed by atoms with Crippen LogP contribution in [0.25, 0.3) is 0 Å². The van der Waals surface area contributed by atoms with Gasteiger partial charge in [0.05, 0.1) is 12.3 Å². The highest BCUT2D eigenvalue weighted by Gasteiger charge is 2.93. The minimum atomic E-state index is -8.40. The first-order valence-corrected chi connectivity index (χ1v) is 8.84. The SMILES string of the molecule is CCOC(=O)C=C(N(CC)CC)C(F)(F)C(F)(F)C(F)(F)C(F)(F)C(F)(F)C(F)(F)C(F)(F)F. The zero-order valence-electron chi connectivity index (χ0n) is 17.1. The Morgan fingerprint density at radius 1 is 0.647 bits per heavy atom. The number of nitrogens with zero attached hydrogens (tertiary/aromatic N) is 1. The van der Waals surface area contributed by atoms with Gasteiger partial charge in [0.15, 0.2) is 0 Å². The van der Waals surface area contributed by atoms with Gasteiger partial charge in [-0.15, -0.1) is 0 Å². The molecule has 3 nitrogen and oxygen atoms in total. The molecule has 0 amide bonds. The molecule has 0 atom stereocenters. The van der Waals surface area contributed by atoms with E-state index in [1.165, 1.54) is 0 Å². The average Bonchev–Trinajstić information content (AvgIpc) is 2.66. The van der Waals surface area contributed by atoms with Gasteiger partial charge in [-0.05, 0) is 20.8 Å². The van der Waals surface area contributed by atoms with Gasteiger partial charge in [0.2, 0.25) is 0 Å². The molecule has 0 saturated carbocycles. The molecule has 0 rings (SSSR count). The zero-order chi connectivity index (χ0) is 27.8. The monoisotopic (exact) mass is 539 g/mol. The van der Waals surface area contributed by atoms with Gasteiger partial charge in [0.25, 0.3) is 0 Å². The molecular formula is C16H16F15NO2. The molecule has 0 radical (unpaired) electrons. The summed E-state index contributed by atoms with van der Waals surface area (Å²) in [6.45, 7) is 0.654. The molecule has 0 aromatic rings. The van der Waals surface area contributed by atoms with Crippen molar-refractivity contribution in [2.24, 2.45) is 0 Å². The maximum atomic E-state index is 14.5.